The van der Waals surface area contributed by atoms with Gasteiger partial charge in [0.15, 0.2) is 0 Å². The molecule has 1 fully saturated rings. The first-order valence-corrected chi connectivity index (χ1v) is 2.51. The van der Waals surface area contributed by atoms with Crippen LogP contribution in [0.4, 0.5) is 0 Å². The van der Waals surface area contributed by atoms with Gasteiger partial charge in [0.1, 0.15) is 5.82 Å². The first-order chi connectivity index (χ1) is 3.93. The Labute approximate surface area is 48.0 Å². The van der Waals surface area contributed by atoms with Gasteiger partial charge in [0.25, 0.3) is 0 Å². The van der Waals surface area contributed by atoms with Crippen LogP contribution in [-0.2, 0) is 0 Å². The number of hydrogen-bond donors (Lipinski definition) is 2. The molecule has 1 heterocycles. The van der Waals surface area contributed by atoms with Crippen molar-refractivity contribution >= 4 is 0 Å². The highest BCUT2D eigenvalue weighted by Crippen LogP contribution is 1.85. The minimum absolute atomic E-state index is 0.840. The Bertz CT molecular complexity index is 134. The maximum atomic E-state index is 8.12. The molecule has 42 valence electrons. The number of nitrogens with one attached hydrogen (secondary N) is 2. The van der Waals surface area contributed by atoms with Gasteiger partial charge in [0.2, 0.25) is 0 Å². The molecule has 0 atom stereocenters. The van der Waals surface area contributed by atoms with E-state index in [4.69, 9.17) is 5.26 Å². The van der Waals surface area contributed by atoms with Crippen LogP contribution in [0, 0.1) is 11.3 Å². The zero-order chi connectivity index (χ0) is 5.82. The van der Waals surface area contributed by atoms with Crippen LogP contribution in [0.2, 0.25) is 0 Å². The van der Waals surface area contributed by atoms with Gasteiger partial charge in [0, 0.05) is 13.1 Å². The van der Waals surface area contributed by atoms with Crippen LogP contribution < -0.4 is 10.6 Å². The van der Waals surface area contributed by atoms with Crippen molar-refractivity contribution in [3.8, 4) is 6.07 Å². The van der Waals surface area contributed by atoms with E-state index in [1.54, 1.807) is 0 Å². The van der Waals surface area contributed by atoms with Gasteiger partial charge in [-0.1, -0.05) is 0 Å². The number of nitriles is 1. The van der Waals surface area contributed by atoms with E-state index in [-0.39, 0.29) is 0 Å². The van der Waals surface area contributed by atoms with Crippen molar-refractivity contribution < 1.29 is 0 Å². The Morgan fingerprint density at radius 1 is 1.50 bits per heavy atom. The highest BCUT2D eigenvalue weighted by Gasteiger charge is 2.00. The summed E-state index contributed by atoms with van der Waals surface area (Å²) in [6.07, 6.45) is 1.47. The van der Waals surface area contributed by atoms with Crippen LogP contribution in [0.5, 0.6) is 0 Å². The molecule has 0 saturated carbocycles. The molecule has 3 nitrogen and oxygen atoms in total. The summed E-state index contributed by atoms with van der Waals surface area (Å²) in [5.74, 6) is 0.840. The van der Waals surface area contributed by atoms with Crippen LogP contribution in [0.15, 0.2) is 11.9 Å². The smallest absolute Gasteiger partial charge is 0.109 e. The summed E-state index contributed by atoms with van der Waals surface area (Å²) in [5.41, 5.74) is 0. The average Bonchev–Trinajstić information content (AvgIpc) is 2.19. The Balaban J connectivity index is 2.48. The molecule has 0 bridgehead atoms. The van der Waals surface area contributed by atoms with Crippen LogP contribution in [0.1, 0.15) is 0 Å². The Hall–Kier alpha value is -1.17. The van der Waals surface area contributed by atoms with Crippen molar-refractivity contribution in [3.05, 3.63) is 11.9 Å². The summed E-state index contributed by atoms with van der Waals surface area (Å²) < 4.78 is 0. The third kappa shape index (κ3) is 0.909. The quantitative estimate of drug-likeness (QED) is 0.414. The first-order valence-electron chi connectivity index (χ1n) is 2.51. The maximum absolute atomic E-state index is 8.12. The van der Waals surface area contributed by atoms with Crippen molar-refractivity contribution in [2.24, 2.45) is 0 Å². The molecule has 1 rings (SSSR count). The Morgan fingerprint density at radius 3 is 2.62 bits per heavy atom. The summed E-state index contributed by atoms with van der Waals surface area (Å²) in [6.45, 7) is 1.85. The molecule has 1 saturated heterocycles. The fourth-order valence-electron chi connectivity index (χ4n) is 0.623. The molecule has 3 heteroatoms. The molecule has 0 amide bonds. The lowest BCUT2D eigenvalue weighted by atomic mass is 10.6. The second kappa shape index (κ2) is 2.22. The van der Waals surface area contributed by atoms with E-state index in [0.717, 1.165) is 18.9 Å². The summed E-state index contributed by atoms with van der Waals surface area (Å²) in [6, 6.07) is 1.92. The Morgan fingerprint density at radius 2 is 2.12 bits per heavy atom. The van der Waals surface area contributed by atoms with Crippen LogP contribution in [0.25, 0.3) is 0 Å². The fraction of sp³-hybridized carbons (Fsp3) is 0.400. The monoisotopic (exact) mass is 109 g/mol. The number of nitrogens with zero attached hydrogens (tertiary/aromatic N) is 1. The predicted octanol–water partition coefficient (Wildman–Crippen LogP) is -0.456. The molecule has 0 spiro atoms. The van der Waals surface area contributed by atoms with Crippen LogP contribution in [0.3, 0.4) is 0 Å². The second-order valence-corrected chi connectivity index (χ2v) is 1.54. The number of rotatable bonds is 0. The topological polar surface area (TPSA) is 47.9 Å². The zero-order valence-electron chi connectivity index (χ0n) is 4.44. The lowest BCUT2D eigenvalue weighted by molar-refractivity contribution is 0.942. The molecule has 2 N–H and O–H groups in total. The maximum Gasteiger partial charge on any atom is 0.109 e. The van der Waals surface area contributed by atoms with Crippen LogP contribution >= 0.6 is 0 Å². The van der Waals surface area contributed by atoms with Gasteiger partial charge in [0.05, 0.1) is 12.1 Å². The van der Waals surface area contributed by atoms with Gasteiger partial charge in [-0.2, -0.15) is 5.26 Å². The zero-order valence-corrected chi connectivity index (χ0v) is 4.44. The molecule has 0 aromatic heterocycles. The molecule has 1 aliphatic heterocycles. The highest BCUT2D eigenvalue weighted by molar-refractivity contribution is 5.12. The van der Waals surface area contributed by atoms with Gasteiger partial charge in [-0.3, -0.25) is 0 Å². The molecular weight excluding hydrogens is 102 g/mol. The molecule has 0 aromatic rings. The van der Waals surface area contributed by atoms with Crippen molar-refractivity contribution in [1.82, 2.24) is 10.6 Å². The van der Waals surface area contributed by atoms with E-state index in [0.29, 0.717) is 0 Å². The Kier molecular flexibility index (Phi) is 1.38. The predicted molar refractivity (Wildman–Crippen MR) is 29.7 cm³/mol. The van der Waals surface area contributed by atoms with Crippen molar-refractivity contribution in [1.29, 1.82) is 5.26 Å². The summed E-state index contributed by atoms with van der Waals surface area (Å²) in [5, 5.41) is 14.1. The van der Waals surface area contributed by atoms with Gasteiger partial charge in [-0.15, -0.1) is 0 Å². The molecule has 8 heavy (non-hydrogen) atoms. The molecule has 1 aliphatic rings. The third-order valence-electron chi connectivity index (χ3n) is 0.965. The van der Waals surface area contributed by atoms with E-state index in [1.165, 1.54) is 6.08 Å². The van der Waals surface area contributed by atoms with Crippen molar-refractivity contribution in [2.75, 3.05) is 13.1 Å². The molecular formula is C5H7N3. The molecule has 0 radical (unpaired) electrons. The lowest BCUT2D eigenvalue weighted by Crippen LogP contribution is -2.08. The SMILES string of the molecule is N#CC=C1NCCN1. The fourth-order valence-corrected chi connectivity index (χ4v) is 0.623. The average molecular weight is 109 g/mol. The second-order valence-electron chi connectivity index (χ2n) is 1.54. The minimum atomic E-state index is 0.840. The van der Waals surface area contributed by atoms with Gasteiger partial charge < -0.3 is 10.6 Å². The molecule has 0 aliphatic carbocycles. The van der Waals surface area contributed by atoms with Gasteiger partial charge >= 0.3 is 0 Å². The summed E-state index contributed by atoms with van der Waals surface area (Å²) in [4.78, 5) is 0. The van der Waals surface area contributed by atoms with Gasteiger partial charge in [-0.25, -0.2) is 0 Å². The molecule has 0 unspecified atom stereocenters. The van der Waals surface area contributed by atoms with E-state index < -0.39 is 0 Å². The summed E-state index contributed by atoms with van der Waals surface area (Å²) >= 11 is 0. The standard InChI is InChI=1S/C5H7N3/c6-2-1-5-7-3-4-8-5/h1,7-8H,3-4H2. The summed E-state index contributed by atoms with van der Waals surface area (Å²) in [7, 11) is 0. The van der Waals surface area contributed by atoms with E-state index in [9.17, 15) is 0 Å². The largest absolute Gasteiger partial charge is 0.370 e. The first kappa shape index (κ1) is 4.98. The van der Waals surface area contributed by atoms with Crippen LogP contribution in [-0.4, -0.2) is 13.1 Å². The number of allylic oxidation sites excluding steroid dienone is 1. The highest BCUT2D eigenvalue weighted by atomic mass is 15.2. The van der Waals surface area contributed by atoms with E-state index in [2.05, 4.69) is 10.6 Å². The van der Waals surface area contributed by atoms with E-state index >= 15 is 0 Å². The lowest BCUT2D eigenvalue weighted by Gasteiger charge is -1.91. The minimum Gasteiger partial charge on any atom is -0.370 e. The van der Waals surface area contributed by atoms with E-state index in [1.807, 2.05) is 6.07 Å². The van der Waals surface area contributed by atoms with Gasteiger partial charge in [-0.05, 0) is 0 Å². The van der Waals surface area contributed by atoms with Crippen molar-refractivity contribution in [3.63, 3.8) is 0 Å². The molecule has 0 aromatic carbocycles. The normalized spacial score (nSPS) is 16.1. The third-order valence-corrected chi connectivity index (χ3v) is 0.965. The number of hydrogen-bond acceptors (Lipinski definition) is 3. The van der Waals surface area contributed by atoms with Crippen molar-refractivity contribution in [2.45, 2.75) is 0 Å².